The Balaban J connectivity index is 1.34. The van der Waals surface area contributed by atoms with Crippen LogP contribution < -0.4 is 4.90 Å². The van der Waals surface area contributed by atoms with Crippen LogP contribution in [0, 0.1) is 11.8 Å². The van der Waals surface area contributed by atoms with Crippen LogP contribution in [0.25, 0.3) is 0 Å². The summed E-state index contributed by atoms with van der Waals surface area (Å²) < 4.78 is 0. The molecule has 2 atom stereocenters. The van der Waals surface area contributed by atoms with Crippen molar-refractivity contribution in [3.63, 3.8) is 0 Å². The highest BCUT2D eigenvalue weighted by Crippen LogP contribution is 2.27. The van der Waals surface area contributed by atoms with E-state index in [9.17, 15) is 14.4 Å². The lowest BCUT2D eigenvalue weighted by atomic mass is 9.92. The minimum absolute atomic E-state index is 0.0278. The Morgan fingerprint density at radius 1 is 0.935 bits per heavy atom. The lowest BCUT2D eigenvalue weighted by Crippen LogP contribution is -2.53. The molecule has 0 radical (unpaired) electrons. The molecule has 1 aromatic carbocycles. The van der Waals surface area contributed by atoms with Crippen LogP contribution in [0.15, 0.2) is 24.3 Å². The van der Waals surface area contributed by atoms with Crippen LogP contribution in [-0.2, 0) is 9.59 Å². The lowest BCUT2D eigenvalue weighted by Gasteiger charge is -2.38. The molecule has 0 aromatic heterocycles. The first-order valence-corrected chi connectivity index (χ1v) is 11.6. The second-order valence-electron chi connectivity index (χ2n) is 9.48. The Morgan fingerprint density at radius 3 is 2.26 bits per heavy atom. The molecule has 0 spiro atoms. The zero-order valence-electron chi connectivity index (χ0n) is 18.8. The molecule has 4 rings (SSSR count). The molecule has 3 aliphatic heterocycles. The van der Waals surface area contributed by atoms with Gasteiger partial charge in [0.15, 0.2) is 0 Å². The van der Waals surface area contributed by atoms with E-state index in [1.165, 1.54) is 6.42 Å². The number of amides is 3. The Morgan fingerprint density at radius 2 is 1.61 bits per heavy atom. The summed E-state index contributed by atoms with van der Waals surface area (Å²) in [6, 6.07) is 7.42. The molecule has 7 heteroatoms. The average molecular weight is 427 g/mol. The lowest BCUT2D eigenvalue weighted by molar-refractivity contribution is -0.135. The number of carbonyl (C=O) groups is 3. The van der Waals surface area contributed by atoms with Gasteiger partial charge in [0, 0.05) is 52.2 Å². The number of piperazine rings is 1. The molecule has 168 valence electrons. The summed E-state index contributed by atoms with van der Waals surface area (Å²) in [5.41, 5.74) is 1.32. The normalized spacial score (nSPS) is 25.2. The van der Waals surface area contributed by atoms with Crippen LogP contribution in [0.5, 0.6) is 0 Å². The van der Waals surface area contributed by atoms with E-state index in [-0.39, 0.29) is 17.7 Å². The van der Waals surface area contributed by atoms with Crippen molar-refractivity contribution >= 4 is 23.4 Å². The minimum atomic E-state index is -0.0278. The second-order valence-corrected chi connectivity index (χ2v) is 9.48. The molecule has 0 bridgehead atoms. The first-order chi connectivity index (χ1) is 14.9. The zero-order chi connectivity index (χ0) is 22.0. The molecule has 31 heavy (non-hydrogen) atoms. The largest absolute Gasteiger partial charge is 0.341 e. The summed E-state index contributed by atoms with van der Waals surface area (Å²) in [5.74, 6) is 1.38. The minimum Gasteiger partial charge on any atom is -0.341 e. The number of nitrogens with zero attached hydrogens (tertiary/aromatic N) is 4. The smallest absolute Gasteiger partial charge is 0.256 e. The van der Waals surface area contributed by atoms with Gasteiger partial charge in [0.05, 0.1) is 17.8 Å². The third-order valence-electron chi connectivity index (χ3n) is 6.74. The number of rotatable bonds is 4. The maximum atomic E-state index is 13.2. The van der Waals surface area contributed by atoms with Crippen molar-refractivity contribution < 1.29 is 14.4 Å². The van der Waals surface area contributed by atoms with Crippen molar-refractivity contribution in [2.75, 3.05) is 57.3 Å². The van der Waals surface area contributed by atoms with Gasteiger partial charge in [-0.3, -0.25) is 19.3 Å². The maximum Gasteiger partial charge on any atom is 0.256 e. The fraction of sp³-hybridized carbons (Fsp3) is 0.625. The van der Waals surface area contributed by atoms with E-state index in [1.54, 1.807) is 4.90 Å². The highest BCUT2D eigenvalue weighted by molar-refractivity contribution is 6.05. The van der Waals surface area contributed by atoms with Gasteiger partial charge >= 0.3 is 0 Å². The number of anilines is 1. The number of benzene rings is 1. The van der Waals surface area contributed by atoms with Crippen LogP contribution in [0.4, 0.5) is 5.69 Å². The van der Waals surface area contributed by atoms with Crippen LogP contribution in [0.1, 0.15) is 43.5 Å². The summed E-state index contributed by atoms with van der Waals surface area (Å²) >= 11 is 0. The SMILES string of the molecule is C[C@H]1C[C@H](C)CN(C(=O)CN2CCN(C(=O)c3ccccc3N3CCCC3=O)CC2)C1. The van der Waals surface area contributed by atoms with E-state index in [1.807, 2.05) is 34.1 Å². The Bertz CT molecular complexity index is 824. The fourth-order valence-electron chi connectivity index (χ4n) is 5.23. The fourth-order valence-corrected chi connectivity index (χ4v) is 5.23. The number of carbonyl (C=O) groups excluding carboxylic acids is 3. The van der Waals surface area contributed by atoms with Crippen LogP contribution >= 0.6 is 0 Å². The molecule has 7 nitrogen and oxygen atoms in total. The highest BCUT2D eigenvalue weighted by atomic mass is 16.2. The van der Waals surface area contributed by atoms with Crippen molar-refractivity contribution in [3.8, 4) is 0 Å². The monoisotopic (exact) mass is 426 g/mol. The average Bonchev–Trinajstić information content (AvgIpc) is 3.19. The number of likely N-dealkylation sites (tertiary alicyclic amines) is 1. The first kappa shape index (κ1) is 21.8. The molecule has 0 N–H and O–H groups in total. The van der Waals surface area contributed by atoms with Crippen LogP contribution in [0.2, 0.25) is 0 Å². The number of para-hydroxylation sites is 1. The zero-order valence-corrected chi connectivity index (χ0v) is 18.8. The molecule has 3 aliphatic rings. The molecule has 0 aliphatic carbocycles. The third-order valence-corrected chi connectivity index (χ3v) is 6.74. The van der Waals surface area contributed by atoms with Gasteiger partial charge in [-0.2, -0.15) is 0 Å². The van der Waals surface area contributed by atoms with Gasteiger partial charge in [0.1, 0.15) is 0 Å². The van der Waals surface area contributed by atoms with E-state index in [0.29, 0.717) is 63.1 Å². The van der Waals surface area contributed by atoms with Gasteiger partial charge in [-0.1, -0.05) is 26.0 Å². The van der Waals surface area contributed by atoms with E-state index in [2.05, 4.69) is 18.7 Å². The number of piperidine rings is 1. The Labute approximate surface area is 185 Å². The first-order valence-electron chi connectivity index (χ1n) is 11.6. The van der Waals surface area contributed by atoms with E-state index >= 15 is 0 Å². The molecule has 1 aromatic rings. The topological polar surface area (TPSA) is 64.2 Å². The standard InChI is InChI=1S/C24H34N4O3/c1-18-14-19(2)16-27(15-18)23(30)17-25-10-12-26(13-11-25)24(31)20-6-3-4-7-21(20)28-9-5-8-22(28)29/h3-4,6-7,18-19H,5,8-17H2,1-2H3/t18-,19-/m0/s1. The van der Waals surface area contributed by atoms with E-state index in [0.717, 1.165) is 25.2 Å². The van der Waals surface area contributed by atoms with Gasteiger partial charge in [-0.25, -0.2) is 0 Å². The van der Waals surface area contributed by atoms with E-state index < -0.39 is 0 Å². The third kappa shape index (κ3) is 4.92. The molecular weight excluding hydrogens is 392 g/mol. The van der Waals surface area contributed by atoms with Crippen LogP contribution in [-0.4, -0.2) is 84.8 Å². The van der Waals surface area contributed by atoms with E-state index in [4.69, 9.17) is 0 Å². The molecular formula is C24H34N4O3. The maximum absolute atomic E-state index is 13.2. The molecule has 0 saturated carbocycles. The van der Waals surface area contributed by atoms with Crippen LogP contribution in [0.3, 0.4) is 0 Å². The molecule has 0 unspecified atom stereocenters. The van der Waals surface area contributed by atoms with Gasteiger partial charge in [-0.15, -0.1) is 0 Å². The van der Waals surface area contributed by atoms with Gasteiger partial charge in [-0.05, 0) is 36.8 Å². The number of hydrogen-bond acceptors (Lipinski definition) is 4. The predicted molar refractivity (Wildman–Crippen MR) is 120 cm³/mol. The number of hydrogen-bond donors (Lipinski definition) is 0. The van der Waals surface area contributed by atoms with Gasteiger partial charge < -0.3 is 14.7 Å². The summed E-state index contributed by atoms with van der Waals surface area (Å²) in [6.07, 6.45) is 2.57. The summed E-state index contributed by atoms with van der Waals surface area (Å²) in [7, 11) is 0. The Kier molecular flexibility index (Phi) is 6.60. The molecule has 3 heterocycles. The predicted octanol–water partition coefficient (Wildman–Crippen LogP) is 2.08. The summed E-state index contributed by atoms with van der Waals surface area (Å²) in [5, 5.41) is 0. The van der Waals surface area contributed by atoms with Crippen molar-refractivity contribution in [2.24, 2.45) is 11.8 Å². The molecule has 3 fully saturated rings. The van der Waals surface area contributed by atoms with Crippen molar-refractivity contribution in [3.05, 3.63) is 29.8 Å². The second kappa shape index (κ2) is 9.39. The van der Waals surface area contributed by atoms with Crippen molar-refractivity contribution in [1.29, 1.82) is 0 Å². The molecule has 3 saturated heterocycles. The quantitative estimate of drug-likeness (QED) is 0.740. The highest BCUT2D eigenvalue weighted by Gasteiger charge is 2.31. The summed E-state index contributed by atoms with van der Waals surface area (Å²) in [6.45, 7) is 9.83. The van der Waals surface area contributed by atoms with Gasteiger partial charge in [0.25, 0.3) is 5.91 Å². The van der Waals surface area contributed by atoms with Gasteiger partial charge in [0.2, 0.25) is 11.8 Å². The Hall–Kier alpha value is -2.41. The van der Waals surface area contributed by atoms with Crippen molar-refractivity contribution in [1.82, 2.24) is 14.7 Å². The summed E-state index contributed by atoms with van der Waals surface area (Å²) in [4.78, 5) is 46.0. The molecule has 3 amide bonds. The van der Waals surface area contributed by atoms with Crippen molar-refractivity contribution in [2.45, 2.75) is 33.1 Å².